The molecule has 0 bridgehead atoms. The summed E-state index contributed by atoms with van der Waals surface area (Å²) in [5, 5.41) is 56.5. The molecule has 0 spiro atoms. The van der Waals surface area contributed by atoms with Crippen molar-refractivity contribution in [1.82, 2.24) is 4.90 Å². The molecule has 0 unspecified atom stereocenters. The number of anilines is 1. The lowest BCUT2D eigenvalue weighted by Gasteiger charge is -2.50. The minimum absolute atomic E-state index is 0.0267. The molecule has 1 amide bonds. The van der Waals surface area contributed by atoms with Crippen molar-refractivity contribution in [2.24, 2.45) is 17.6 Å². The number of aliphatic hydroxyl groups excluding tert-OH is 2. The van der Waals surface area contributed by atoms with Crippen LogP contribution in [-0.4, -0.2) is 87.6 Å². The summed E-state index contributed by atoms with van der Waals surface area (Å²) in [6.07, 6.45) is 0.104. The van der Waals surface area contributed by atoms with Crippen molar-refractivity contribution >= 4 is 28.8 Å². The van der Waals surface area contributed by atoms with Crippen molar-refractivity contribution in [3.63, 3.8) is 0 Å². The fourth-order valence-electron chi connectivity index (χ4n) is 6.60. The van der Waals surface area contributed by atoms with Gasteiger partial charge in [0.1, 0.15) is 22.8 Å². The zero-order valence-electron chi connectivity index (χ0n) is 24.3. The minimum atomic E-state index is -2.74. The highest BCUT2D eigenvalue weighted by Gasteiger charge is 2.63. The maximum Gasteiger partial charge on any atom is 0.269 e. The Kier molecular flexibility index (Phi) is 7.23. The number of phenolic OH excluding ortho intramolecular Hbond substituents is 1. The second kappa shape index (κ2) is 10.5. The number of phenols is 1. The highest BCUT2D eigenvalue weighted by molar-refractivity contribution is 6.25. The summed E-state index contributed by atoms with van der Waals surface area (Å²) in [6.45, 7) is 0. The lowest BCUT2D eigenvalue weighted by Crippen LogP contribution is -2.63. The van der Waals surface area contributed by atoms with E-state index in [1.807, 2.05) is 0 Å². The molecule has 2 aromatic carbocycles. The molecular weight excluding hydrogens is 572 g/mol. The van der Waals surface area contributed by atoms with E-state index in [1.165, 1.54) is 29.2 Å². The standard InChI is InChI=1S/C31H30N4O9/c1-33(2)20-13-15(8-5-14-6-9-17(10-7-14)35(43)44)25(36)22-18(20)11-16-12-19-24(34(3)4)27(38)23(30(32)41)29(40)31(19,42)28(39)21(16)26(22)37/h6-7,9-10,13,16,19,24,36,38-39,42H,11-12H2,1-4H3,(H2,32,41)/t16-,19-,24-,31-/m0/s1. The molecule has 228 valence electrons. The van der Waals surface area contributed by atoms with Crippen molar-refractivity contribution in [3.05, 3.63) is 85.4 Å². The van der Waals surface area contributed by atoms with Crippen LogP contribution in [0.5, 0.6) is 5.75 Å². The fraction of sp³-hybridized carbons (Fsp3) is 0.323. The number of carbonyl (C=O) groups excluding carboxylic acids is 3. The summed E-state index contributed by atoms with van der Waals surface area (Å²) in [6, 6.07) is 5.98. The second-order valence-electron chi connectivity index (χ2n) is 11.6. The van der Waals surface area contributed by atoms with E-state index in [9.17, 15) is 44.9 Å². The summed E-state index contributed by atoms with van der Waals surface area (Å²) >= 11 is 0. The van der Waals surface area contributed by atoms with E-state index in [0.717, 1.165) is 0 Å². The number of aromatic hydroxyl groups is 1. The topological polar surface area (TPSA) is 208 Å². The number of likely N-dealkylation sites (N-methyl/N-ethyl adjacent to an activating group) is 1. The van der Waals surface area contributed by atoms with Gasteiger partial charge in [-0.25, -0.2) is 0 Å². The van der Waals surface area contributed by atoms with Crippen LogP contribution in [0.1, 0.15) is 33.5 Å². The number of nitro benzene ring substituents is 1. The Bertz CT molecular complexity index is 1780. The summed E-state index contributed by atoms with van der Waals surface area (Å²) in [7, 11) is 6.61. The first kappa shape index (κ1) is 30.3. The monoisotopic (exact) mass is 602 g/mol. The Morgan fingerprint density at radius 2 is 1.73 bits per heavy atom. The maximum absolute atomic E-state index is 14.1. The highest BCUT2D eigenvalue weighted by Crippen LogP contribution is 2.53. The molecule has 44 heavy (non-hydrogen) atoms. The number of non-ortho nitro benzene ring substituents is 1. The Labute approximate surface area is 251 Å². The molecule has 2 aromatic rings. The van der Waals surface area contributed by atoms with Gasteiger partial charge in [-0.05, 0) is 56.6 Å². The molecule has 3 aliphatic carbocycles. The average Bonchev–Trinajstić information content (AvgIpc) is 2.94. The molecule has 0 radical (unpaired) electrons. The van der Waals surface area contributed by atoms with Crippen LogP contribution in [0, 0.1) is 33.8 Å². The number of carbonyl (C=O) groups is 3. The number of nitro groups is 1. The number of hydrogen-bond donors (Lipinski definition) is 5. The van der Waals surface area contributed by atoms with Crippen LogP contribution >= 0.6 is 0 Å². The van der Waals surface area contributed by atoms with Gasteiger partial charge in [-0.1, -0.05) is 11.8 Å². The van der Waals surface area contributed by atoms with Gasteiger partial charge in [-0.3, -0.25) is 29.4 Å². The number of nitrogens with zero attached hydrogens (tertiary/aromatic N) is 3. The Morgan fingerprint density at radius 3 is 2.27 bits per heavy atom. The van der Waals surface area contributed by atoms with E-state index in [-0.39, 0.29) is 35.2 Å². The average molecular weight is 603 g/mol. The number of primary amides is 1. The normalized spacial score (nSPS) is 24.3. The number of benzene rings is 2. The van der Waals surface area contributed by atoms with E-state index >= 15 is 0 Å². The van der Waals surface area contributed by atoms with E-state index in [0.29, 0.717) is 16.8 Å². The van der Waals surface area contributed by atoms with Crippen molar-refractivity contribution in [1.29, 1.82) is 0 Å². The smallest absolute Gasteiger partial charge is 0.269 e. The van der Waals surface area contributed by atoms with Crippen LogP contribution in [0.15, 0.2) is 53.0 Å². The third kappa shape index (κ3) is 4.38. The Balaban J connectivity index is 1.67. The molecule has 0 aliphatic heterocycles. The summed E-state index contributed by atoms with van der Waals surface area (Å²) in [4.78, 5) is 53.4. The first-order valence-corrected chi connectivity index (χ1v) is 13.6. The molecule has 4 atom stereocenters. The molecule has 3 aliphatic rings. The van der Waals surface area contributed by atoms with Crippen LogP contribution in [0.25, 0.3) is 0 Å². The lowest BCUT2D eigenvalue weighted by atomic mass is 9.58. The lowest BCUT2D eigenvalue weighted by molar-refractivity contribution is -0.384. The molecular formula is C31H30N4O9. The summed E-state index contributed by atoms with van der Waals surface area (Å²) in [5.41, 5.74) is 2.72. The molecule has 6 N–H and O–H groups in total. The molecule has 5 rings (SSSR count). The molecule has 0 heterocycles. The second-order valence-corrected chi connectivity index (χ2v) is 11.6. The van der Waals surface area contributed by atoms with Crippen molar-refractivity contribution in [2.75, 3.05) is 33.1 Å². The van der Waals surface area contributed by atoms with E-state index < -0.39 is 68.7 Å². The Morgan fingerprint density at radius 1 is 1.09 bits per heavy atom. The van der Waals surface area contributed by atoms with Crippen LogP contribution in [-0.2, 0) is 16.0 Å². The van der Waals surface area contributed by atoms with E-state index in [4.69, 9.17) is 5.73 Å². The number of Topliss-reactive ketones (excluding diaryl/α,β-unsaturated/α-hetero) is 2. The molecule has 13 heteroatoms. The van der Waals surface area contributed by atoms with Gasteiger partial charge in [0.2, 0.25) is 5.78 Å². The molecule has 0 saturated carbocycles. The number of nitrogens with two attached hydrogens (primary N) is 1. The van der Waals surface area contributed by atoms with Crippen LogP contribution in [0.2, 0.25) is 0 Å². The SMILES string of the molecule is CN(C)c1cc(C#Cc2ccc([N+](=O)[O-])cc2)c(O)c2c1C[C@H]1C[C@H]3[C@H](N(C)C)C(O)=C(C(N)=O)C(=O)[C@@]3(O)C(O)=C1C2=O. The predicted molar refractivity (Wildman–Crippen MR) is 157 cm³/mol. The molecule has 13 nitrogen and oxygen atoms in total. The van der Waals surface area contributed by atoms with Gasteiger partial charge in [-0.15, -0.1) is 0 Å². The van der Waals surface area contributed by atoms with E-state index in [1.54, 1.807) is 39.2 Å². The van der Waals surface area contributed by atoms with Crippen LogP contribution in [0.4, 0.5) is 11.4 Å². The molecule has 0 fully saturated rings. The van der Waals surface area contributed by atoms with Gasteiger partial charge in [0, 0.05) is 49.0 Å². The molecule has 0 saturated heterocycles. The maximum atomic E-state index is 14.1. The number of aliphatic hydroxyl groups is 3. The van der Waals surface area contributed by atoms with Crippen LogP contribution < -0.4 is 10.6 Å². The number of ketones is 2. The van der Waals surface area contributed by atoms with Gasteiger partial charge in [0.05, 0.1) is 22.1 Å². The third-order valence-corrected chi connectivity index (χ3v) is 8.60. The minimum Gasteiger partial charge on any atom is -0.510 e. The van der Waals surface area contributed by atoms with E-state index in [2.05, 4.69) is 11.8 Å². The first-order chi connectivity index (χ1) is 20.6. The Hall–Kier alpha value is -5.19. The van der Waals surface area contributed by atoms with Crippen molar-refractivity contribution in [3.8, 4) is 17.6 Å². The first-order valence-electron chi connectivity index (χ1n) is 13.6. The zero-order valence-corrected chi connectivity index (χ0v) is 24.3. The van der Waals surface area contributed by atoms with Crippen molar-refractivity contribution in [2.45, 2.75) is 24.5 Å². The zero-order chi connectivity index (χ0) is 32.4. The van der Waals surface area contributed by atoms with Gasteiger partial charge in [-0.2, -0.15) is 0 Å². The van der Waals surface area contributed by atoms with Gasteiger partial charge in [0.25, 0.3) is 11.6 Å². The van der Waals surface area contributed by atoms with Gasteiger partial charge >= 0.3 is 0 Å². The van der Waals surface area contributed by atoms with Gasteiger partial charge in [0.15, 0.2) is 11.4 Å². The number of rotatable bonds is 4. The quantitative estimate of drug-likeness (QED) is 0.147. The number of allylic oxidation sites excluding steroid dienone is 1. The van der Waals surface area contributed by atoms with Crippen molar-refractivity contribution < 1.29 is 39.7 Å². The number of amides is 1. The number of fused-ring (bicyclic) bond motifs is 3. The van der Waals surface area contributed by atoms with Crippen LogP contribution in [0.3, 0.4) is 0 Å². The third-order valence-electron chi connectivity index (χ3n) is 8.60. The summed E-state index contributed by atoms with van der Waals surface area (Å²) < 4.78 is 0. The van der Waals surface area contributed by atoms with Gasteiger partial charge < -0.3 is 31.1 Å². The largest absolute Gasteiger partial charge is 0.510 e. The highest BCUT2D eigenvalue weighted by atomic mass is 16.6. The summed E-state index contributed by atoms with van der Waals surface area (Å²) in [5.74, 6) is -1.71. The number of hydrogen-bond acceptors (Lipinski definition) is 11. The predicted octanol–water partition coefficient (Wildman–Crippen LogP) is 1.49. The molecule has 0 aromatic heterocycles. The fourth-order valence-corrected chi connectivity index (χ4v) is 6.60.